The summed E-state index contributed by atoms with van der Waals surface area (Å²) in [6.07, 6.45) is 8.61. The van der Waals surface area contributed by atoms with E-state index < -0.39 is 11.6 Å². The van der Waals surface area contributed by atoms with E-state index in [9.17, 15) is 14.4 Å². The number of fused-ring (bicyclic) bond motifs is 2. The fourth-order valence-corrected chi connectivity index (χ4v) is 7.49. The lowest BCUT2D eigenvalue weighted by Gasteiger charge is -2.54. The van der Waals surface area contributed by atoms with Gasteiger partial charge >= 0.3 is 6.03 Å². The molecule has 1 saturated heterocycles. The molecule has 5 aliphatic carbocycles. The molecule has 1 heterocycles. The average Bonchev–Trinajstić information content (AvgIpc) is 2.95. The third-order valence-corrected chi connectivity index (χ3v) is 8.51. The summed E-state index contributed by atoms with van der Waals surface area (Å²) in [7, 11) is 0. The average molecular weight is 408 g/mol. The molecular formula is C24H29N3O3. The molecule has 1 aliphatic heterocycles. The Labute approximate surface area is 176 Å². The van der Waals surface area contributed by atoms with Crippen molar-refractivity contribution in [3.63, 3.8) is 0 Å². The summed E-state index contributed by atoms with van der Waals surface area (Å²) in [4.78, 5) is 40.2. The maximum absolute atomic E-state index is 13.4. The van der Waals surface area contributed by atoms with Crippen molar-refractivity contribution < 1.29 is 14.4 Å². The number of urea groups is 1. The minimum absolute atomic E-state index is 0.183. The van der Waals surface area contributed by atoms with Crippen LogP contribution in [-0.4, -0.2) is 35.3 Å². The summed E-state index contributed by atoms with van der Waals surface area (Å²) < 4.78 is 0. The number of nitrogens with one attached hydrogen (secondary N) is 2. The van der Waals surface area contributed by atoms with Gasteiger partial charge in [0.05, 0.1) is 0 Å². The van der Waals surface area contributed by atoms with Crippen molar-refractivity contribution in [1.82, 2.24) is 15.5 Å². The number of amides is 4. The smallest absolute Gasteiger partial charge is 0.325 e. The normalized spacial score (nSPS) is 38.7. The first-order valence-electron chi connectivity index (χ1n) is 11.6. The fourth-order valence-electron chi connectivity index (χ4n) is 7.49. The highest BCUT2D eigenvalue weighted by Gasteiger charge is 2.54. The molecule has 5 fully saturated rings. The van der Waals surface area contributed by atoms with Gasteiger partial charge in [-0.3, -0.25) is 14.5 Å². The molecule has 1 aromatic carbocycles. The number of hydrogen-bond acceptors (Lipinski definition) is 3. The van der Waals surface area contributed by atoms with Crippen LogP contribution in [-0.2, 0) is 21.5 Å². The molecule has 6 nitrogen and oxygen atoms in total. The molecule has 1 aromatic rings. The van der Waals surface area contributed by atoms with Crippen molar-refractivity contribution in [1.29, 1.82) is 0 Å². The summed E-state index contributed by atoms with van der Waals surface area (Å²) in [5.74, 6) is 2.36. The van der Waals surface area contributed by atoms with Gasteiger partial charge in [0.2, 0.25) is 5.91 Å². The van der Waals surface area contributed by atoms with Crippen LogP contribution in [0.15, 0.2) is 24.3 Å². The molecule has 30 heavy (non-hydrogen) atoms. The van der Waals surface area contributed by atoms with Crippen LogP contribution in [0.25, 0.3) is 0 Å². The molecule has 0 radical (unpaired) electrons. The van der Waals surface area contributed by atoms with E-state index in [1.807, 2.05) is 24.3 Å². The first kappa shape index (κ1) is 18.4. The zero-order valence-corrected chi connectivity index (χ0v) is 17.2. The molecule has 1 atom stereocenters. The van der Waals surface area contributed by atoms with Gasteiger partial charge in [0.1, 0.15) is 12.1 Å². The Balaban J connectivity index is 1.18. The Morgan fingerprint density at radius 3 is 2.50 bits per heavy atom. The van der Waals surface area contributed by atoms with Crippen LogP contribution in [0.4, 0.5) is 4.79 Å². The Kier molecular flexibility index (Phi) is 4.03. The van der Waals surface area contributed by atoms with Crippen LogP contribution in [0.3, 0.4) is 0 Å². The molecule has 6 aliphatic rings. The molecule has 158 valence electrons. The standard InChI is InChI=1S/C24H29N3O3/c28-20(25-21-17-9-14-8-15(11-17)12-18(21)10-14)13-27-22(29)24(26-23(27)30)7-3-5-16-4-1-2-6-19(16)24/h1-2,4,6,14-15,17-18,21H,3,5,7-13H2,(H,25,28)(H,26,30)/t14?,15?,17?,18?,21?,24-/m1/s1. The van der Waals surface area contributed by atoms with Crippen LogP contribution in [0.2, 0.25) is 0 Å². The molecule has 0 aromatic heterocycles. The van der Waals surface area contributed by atoms with Crippen LogP contribution < -0.4 is 10.6 Å². The van der Waals surface area contributed by atoms with E-state index in [0.717, 1.165) is 40.7 Å². The van der Waals surface area contributed by atoms with E-state index >= 15 is 0 Å². The molecule has 4 saturated carbocycles. The van der Waals surface area contributed by atoms with Gasteiger partial charge in [-0.1, -0.05) is 24.3 Å². The summed E-state index contributed by atoms with van der Waals surface area (Å²) in [6, 6.07) is 7.61. The van der Waals surface area contributed by atoms with Crippen LogP contribution >= 0.6 is 0 Å². The van der Waals surface area contributed by atoms with E-state index in [-0.39, 0.29) is 24.4 Å². The number of aryl methyl sites for hydroxylation is 1. The molecule has 2 N–H and O–H groups in total. The van der Waals surface area contributed by atoms with Gasteiger partial charge in [-0.2, -0.15) is 0 Å². The Morgan fingerprint density at radius 1 is 1.07 bits per heavy atom. The Morgan fingerprint density at radius 2 is 1.77 bits per heavy atom. The minimum atomic E-state index is -1.01. The van der Waals surface area contributed by atoms with Gasteiger partial charge in [0.15, 0.2) is 0 Å². The third kappa shape index (κ3) is 2.65. The highest BCUT2D eigenvalue weighted by atomic mass is 16.2. The quantitative estimate of drug-likeness (QED) is 0.757. The van der Waals surface area contributed by atoms with E-state index in [2.05, 4.69) is 10.6 Å². The zero-order chi connectivity index (χ0) is 20.5. The minimum Gasteiger partial charge on any atom is -0.351 e. The highest BCUT2D eigenvalue weighted by Crippen LogP contribution is 2.53. The first-order valence-corrected chi connectivity index (χ1v) is 11.6. The maximum atomic E-state index is 13.4. The van der Waals surface area contributed by atoms with Gasteiger partial charge in [0.25, 0.3) is 5.91 Å². The second kappa shape index (κ2) is 6.56. The summed E-state index contributed by atoms with van der Waals surface area (Å²) in [5.41, 5.74) is 0.991. The van der Waals surface area contributed by atoms with E-state index in [1.165, 1.54) is 32.1 Å². The number of carbonyl (C=O) groups is 3. The van der Waals surface area contributed by atoms with E-state index in [0.29, 0.717) is 18.3 Å². The maximum Gasteiger partial charge on any atom is 0.325 e. The SMILES string of the molecule is O=C(CN1C(=O)N[C@@]2(CCCc3ccccc32)C1=O)NC1C2CC3CC(C2)CC1C3. The van der Waals surface area contributed by atoms with E-state index in [1.54, 1.807) is 0 Å². The fraction of sp³-hybridized carbons (Fsp3) is 0.625. The van der Waals surface area contributed by atoms with Crippen molar-refractivity contribution in [2.45, 2.75) is 62.9 Å². The van der Waals surface area contributed by atoms with E-state index in [4.69, 9.17) is 0 Å². The molecule has 1 spiro atoms. The molecule has 0 unspecified atom stereocenters. The number of imide groups is 1. The van der Waals surface area contributed by atoms with Crippen LogP contribution in [0.1, 0.15) is 56.1 Å². The largest absolute Gasteiger partial charge is 0.351 e. The van der Waals surface area contributed by atoms with Crippen molar-refractivity contribution in [3.8, 4) is 0 Å². The van der Waals surface area contributed by atoms with Gasteiger partial charge in [0, 0.05) is 6.04 Å². The van der Waals surface area contributed by atoms with Crippen molar-refractivity contribution in [2.75, 3.05) is 6.54 Å². The first-order chi connectivity index (χ1) is 14.5. The molecule has 4 bridgehead atoms. The Bertz CT molecular complexity index is 900. The summed E-state index contributed by atoms with van der Waals surface area (Å²) in [5, 5.41) is 6.17. The number of nitrogens with zero attached hydrogens (tertiary/aromatic N) is 1. The number of benzene rings is 1. The number of hydrogen-bond donors (Lipinski definition) is 2. The second-order valence-electron chi connectivity index (χ2n) is 10.3. The molecule has 7 rings (SSSR count). The van der Waals surface area contributed by atoms with Gasteiger partial charge in [-0.15, -0.1) is 0 Å². The zero-order valence-electron chi connectivity index (χ0n) is 17.2. The molecule has 6 heteroatoms. The van der Waals surface area contributed by atoms with Crippen LogP contribution in [0, 0.1) is 23.7 Å². The Hall–Kier alpha value is -2.37. The van der Waals surface area contributed by atoms with Gasteiger partial charge in [-0.25, -0.2) is 4.79 Å². The van der Waals surface area contributed by atoms with Crippen LogP contribution in [0.5, 0.6) is 0 Å². The predicted octanol–water partition coefficient (Wildman–Crippen LogP) is 2.71. The van der Waals surface area contributed by atoms with Gasteiger partial charge in [-0.05, 0) is 86.2 Å². The second-order valence-corrected chi connectivity index (χ2v) is 10.3. The van der Waals surface area contributed by atoms with Gasteiger partial charge < -0.3 is 10.6 Å². The highest BCUT2D eigenvalue weighted by molar-refractivity contribution is 6.09. The van der Waals surface area contributed by atoms with Crippen molar-refractivity contribution in [3.05, 3.63) is 35.4 Å². The number of rotatable bonds is 3. The number of carbonyl (C=O) groups excluding carboxylic acids is 3. The molecular weight excluding hydrogens is 378 g/mol. The third-order valence-electron chi connectivity index (χ3n) is 8.51. The summed E-state index contributed by atoms with van der Waals surface area (Å²) in [6.45, 7) is -0.183. The predicted molar refractivity (Wildman–Crippen MR) is 110 cm³/mol. The lowest BCUT2D eigenvalue weighted by molar-refractivity contribution is -0.136. The lowest BCUT2D eigenvalue weighted by atomic mass is 9.54. The van der Waals surface area contributed by atoms with Crippen molar-refractivity contribution >= 4 is 17.8 Å². The topological polar surface area (TPSA) is 78.5 Å². The van der Waals surface area contributed by atoms with Crippen molar-refractivity contribution in [2.24, 2.45) is 23.7 Å². The lowest BCUT2D eigenvalue weighted by Crippen LogP contribution is -2.57. The monoisotopic (exact) mass is 407 g/mol. The summed E-state index contributed by atoms with van der Waals surface area (Å²) >= 11 is 0. The molecule has 4 amide bonds.